The Kier molecular flexibility index (Phi) is 3.30. The van der Waals surface area contributed by atoms with Gasteiger partial charge in [0.05, 0.1) is 23.8 Å². The molecule has 2 aromatic heterocycles. The van der Waals surface area contributed by atoms with Crippen molar-refractivity contribution in [3.63, 3.8) is 0 Å². The van der Waals surface area contributed by atoms with Crippen molar-refractivity contribution in [2.24, 2.45) is 0 Å². The quantitative estimate of drug-likeness (QED) is 0.800. The lowest BCUT2D eigenvalue weighted by atomic mass is 10.1. The van der Waals surface area contributed by atoms with Gasteiger partial charge in [0, 0.05) is 18.8 Å². The molecule has 0 fully saturated rings. The monoisotopic (exact) mass is 302 g/mol. The largest absolute Gasteiger partial charge is 0.329 e. The zero-order chi connectivity index (χ0) is 16.1. The lowest BCUT2D eigenvalue weighted by Crippen LogP contribution is -2.39. The number of hydrogen-bond acceptors (Lipinski definition) is 4. The molecule has 1 amide bonds. The van der Waals surface area contributed by atoms with Gasteiger partial charge in [-0.25, -0.2) is 0 Å². The summed E-state index contributed by atoms with van der Waals surface area (Å²) in [5.41, 5.74) is 1.43. The van der Waals surface area contributed by atoms with Crippen molar-refractivity contribution >= 4 is 5.91 Å². The molecule has 0 unspecified atom stereocenters. The Morgan fingerprint density at radius 1 is 1.18 bits per heavy atom. The van der Waals surface area contributed by atoms with Gasteiger partial charge in [0.25, 0.3) is 5.91 Å². The van der Waals surface area contributed by atoms with Crippen LogP contribution in [0.25, 0.3) is 0 Å². The van der Waals surface area contributed by atoms with Gasteiger partial charge in [0.15, 0.2) is 5.82 Å². The van der Waals surface area contributed by atoms with E-state index in [1.807, 2.05) is 23.4 Å². The molecule has 3 heterocycles. The summed E-state index contributed by atoms with van der Waals surface area (Å²) in [6.45, 7) is 12.0. The van der Waals surface area contributed by atoms with Gasteiger partial charge in [-0.3, -0.25) is 9.48 Å². The summed E-state index contributed by atoms with van der Waals surface area (Å²) in [4.78, 5) is 14.6. The molecule has 1 aliphatic heterocycles. The predicted octanol–water partition coefficient (Wildman–Crippen LogP) is 1.50. The number of nitrogens with zero attached hydrogens (tertiary/aromatic N) is 6. The smallest absolute Gasteiger partial charge is 0.257 e. The normalized spacial score (nSPS) is 15.0. The molecular formula is C15H22N6O. The van der Waals surface area contributed by atoms with Crippen molar-refractivity contribution in [2.75, 3.05) is 6.54 Å². The molecule has 0 saturated carbocycles. The highest BCUT2D eigenvalue weighted by Gasteiger charge is 2.28. The van der Waals surface area contributed by atoms with Crippen molar-refractivity contribution in [1.82, 2.24) is 29.4 Å². The fraction of sp³-hybridized carbons (Fsp3) is 0.600. The van der Waals surface area contributed by atoms with Crippen molar-refractivity contribution < 1.29 is 4.79 Å². The van der Waals surface area contributed by atoms with Crippen LogP contribution in [-0.2, 0) is 18.6 Å². The van der Waals surface area contributed by atoms with Gasteiger partial charge in [-0.15, -0.1) is 10.2 Å². The second-order valence-electron chi connectivity index (χ2n) is 6.77. The van der Waals surface area contributed by atoms with E-state index in [-0.39, 0.29) is 11.4 Å². The third-order valence-electron chi connectivity index (χ3n) is 4.10. The molecule has 0 atom stereocenters. The van der Waals surface area contributed by atoms with E-state index in [1.165, 1.54) is 0 Å². The molecule has 0 spiro atoms. The Hall–Kier alpha value is -2.18. The maximum absolute atomic E-state index is 12.8. The van der Waals surface area contributed by atoms with E-state index >= 15 is 0 Å². The van der Waals surface area contributed by atoms with E-state index < -0.39 is 0 Å². The van der Waals surface area contributed by atoms with E-state index in [0.29, 0.717) is 18.7 Å². The van der Waals surface area contributed by atoms with E-state index in [0.717, 1.165) is 23.9 Å². The average Bonchev–Trinajstić information content (AvgIpc) is 3.01. The van der Waals surface area contributed by atoms with Crippen LogP contribution in [0.5, 0.6) is 0 Å². The van der Waals surface area contributed by atoms with Crippen molar-refractivity contribution in [1.29, 1.82) is 0 Å². The average molecular weight is 302 g/mol. The van der Waals surface area contributed by atoms with Gasteiger partial charge in [0.1, 0.15) is 5.82 Å². The summed E-state index contributed by atoms with van der Waals surface area (Å²) in [6.07, 6.45) is 1.67. The first-order chi connectivity index (χ1) is 10.3. The Balaban J connectivity index is 1.85. The van der Waals surface area contributed by atoms with Gasteiger partial charge < -0.3 is 9.47 Å². The number of carbonyl (C=O) groups is 1. The molecule has 0 saturated heterocycles. The Morgan fingerprint density at radius 2 is 1.91 bits per heavy atom. The molecule has 0 radical (unpaired) electrons. The molecule has 7 nitrogen and oxygen atoms in total. The van der Waals surface area contributed by atoms with E-state index in [1.54, 1.807) is 6.20 Å². The number of fused-ring (bicyclic) bond motifs is 1. The van der Waals surface area contributed by atoms with Gasteiger partial charge >= 0.3 is 0 Å². The van der Waals surface area contributed by atoms with E-state index in [2.05, 4.69) is 40.6 Å². The predicted molar refractivity (Wildman–Crippen MR) is 81.5 cm³/mol. The summed E-state index contributed by atoms with van der Waals surface area (Å²) in [5, 5.41) is 12.6. The second kappa shape index (κ2) is 4.93. The van der Waals surface area contributed by atoms with Crippen LogP contribution >= 0.6 is 0 Å². The first kappa shape index (κ1) is 14.7. The maximum Gasteiger partial charge on any atom is 0.257 e. The lowest BCUT2D eigenvalue weighted by molar-refractivity contribution is 0.0705. The molecule has 118 valence electrons. The van der Waals surface area contributed by atoms with Gasteiger partial charge in [-0.1, -0.05) is 0 Å². The van der Waals surface area contributed by atoms with Crippen molar-refractivity contribution in [3.8, 4) is 0 Å². The third-order valence-corrected chi connectivity index (χ3v) is 4.10. The Bertz CT molecular complexity index is 721. The molecule has 0 aliphatic carbocycles. The second-order valence-corrected chi connectivity index (χ2v) is 6.77. The zero-order valence-corrected chi connectivity index (χ0v) is 13.8. The highest BCUT2D eigenvalue weighted by molar-refractivity contribution is 5.95. The summed E-state index contributed by atoms with van der Waals surface area (Å²) in [6, 6.07) is 0. The molecule has 1 aliphatic rings. The summed E-state index contributed by atoms with van der Waals surface area (Å²) in [7, 11) is 0. The number of aromatic nitrogens is 5. The fourth-order valence-corrected chi connectivity index (χ4v) is 2.94. The molecule has 7 heteroatoms. The molecule has 3 rings (SSSR count). The zero-order valence-electron chi connectivity index (χ0n) is 13.8. The number of carbonyl (C=O) groups excluding carboxylic acids is 1. The number of amides is 1. The number of aryl methyl sites for hydroxylation is 1. The lowest BCUT2D eigenvalue weighted by Gasteiger charge is -2.28. The standard InChI is InChI=1S/C15H22N6O/c1-10-12(8-16-21(10)15(3,4)5)14(22)19-6-7-20-11(2)17-18-13(20)9-19/h8H,6-7,9H2,1-5H3. The SMILES string of the molecule is Cc1c(C(=O)N2CCn3c(C)nnc3C2)cnn1C(C)(C)C. The third kappa shape index (κ3) is 2.30. The fourth-order valence-electron chi connectivity index (χ4n) is 2.94. The number of hydrogen-bond donors (Lipinski definition) is 0. The number of rotatable bonds is 1. The highest BCUT2D eigenvalue weighted by atomic mass is 16.2. The molecule has 0 bridgehead atoms. The minimum absolute atomic E-state index is 0.0138. The maximum atomic E-state index is 12.8. The molecule has 2 aromatic rings. The van der Waals surface area contributed by atoms with Crippen LogP contribution in [0.1, 0.15) is 48.5 Å². The molecule has 0 N–H and O–H groups in total. The molecule has 0 aromatic carbocycles. The Morgan fingerprint density at radius 3 is 2.55 bits per heavy atom. The van der Waals surface area contributed by atoms with Gasteiger partial charge in [-0.05, 0) is 34.6 Å². The van der Waals surface area contributed by atoms with Crippen molar-refractivity contribution in [3.05, 3.63) is 29.1 Å². The first-order valence-corrected chi connectivity index (χ1v) is 7.52. The van der Waals surface area contributed by atoms with Gasteiger partial charge in [-0.2, -0.15) is 5.10 Å². The van der Waals surface area contributed by atoms with Crippen LogP contribution < -0.4 is 0 Å². The van der Waals surface area contributed by atoms with Crippen LogP contribution in [0.4, 0.5) is 0 Å². The van der Waals surface area contributed by atoms with Crippen LogP contribution in [-0.4, -0.2) is 41.9 Å². The van der Waals surface area contributed by atoms with E-state index in [4.69, 9.17) is 0 Å². The minimum atomic E-state index is -0.137. The van der Waals surface area contributed by atoms with E-state index in [9.17, 15) is 4.79 Å². The minimum Gasteiger partial charge on any atom is -0.329 e. The summed E-state index contributed by atoms with van der Waals surface area (Å²) < 4.78 is 3.96. The van der Waals surface area contributed by atoms with Crippen molar-refractivity contribution in [2.45, 2.75) is 53.2 Å². The topological polar surface area (TPSA) is 68.8 Å². The summed E-state index contributed by atoms with van der Waals surface area (Å²) in [5.74, 6) is 1.76. The molecule has 22 heavy (non-hydrogen) atoms. The highest BCUT2D eigenvalue weighted by Crippen LogP contribution is 2.21. The van der Waals surface area contributed by atoms with Crippen LogP contribution in [0, 0.1) is 13.8 Å². The van der Waals surface area contributed by atoms with Crippen LogP contribution in [0.2, 0.25) is 0 Å². The summed E-state index contributed by atoms with van der Waals surface area (Å²) >= 11 is 0. The first-order valence-electron chi connectivity index (χ1n) is 7.52. The molecular weight excluding hydrogens is 280 g/mol. The van der Waals surface area contributed by atoms with Crippen LogP contribution in [0.15, 0.2) is 6.20 Å². The van der Waals surface area contributed by atoms with Crippen LogP contribution in [0.3, 0.4) is 0 Å². The Labute approximate surface area is 129 Å². The van der Waals surface area contributed by atoms with Gasteiger partial charge in [0.2, 0.25) is 0 Å².